The van der Waals surface area contributed by atoms with Gasteiger partial charge in [-0.05, 0) is 54.1 Å². The van der Waals surface area contributed by atoms with Gasteiger partial charge in [-0.2, -0.15) is 5.10 Å². The zero-order valence-corrected chi connectivity index (χ0v) is 18.3. The fourth-order valence-electron chi connectivity index (χ4n) is 2.45. The molecule has 0 unspecified atom stereocenters. The highest BCUT2D eigenvalue weighted by Gasteiger charge is 2.10. The Hall–Kier alpha value is -2.11. The van der Waals surface area contributed by atoms with Gasteiger partial charge in [0.05, 0.1) is 29.1 Å². The van der Waals surface area contributed by atoms with E-state index in [1.807, 2.05) is 12.1 Å². The van der Waals surface area contributed by atoms with E-state index in [1.54, 1.807) is 55.8 Å². The maximum Gasteiger partial charge on any atom is 0.161 e. The number of rotatable bonds is 7. The zero-order valence-electron chi connectivity index (χ0n) is 15.3. The third-order valence-corrected chi connectivity index (χ3v) is 5.40. The number of nitrogens with one attached hydrogen (secondary N) is 1. The average molecular weight is 470 g/mol. The van der Waals surface area contributed by atoms with E-state index >= 15 is 0 Å². The molecule has 3 aromatic carbocycles. The minimum atomic E-state index is 0.223. The molecule has 0 radical (unpaired) electrons. The fourth-order valence-corrected chi connectivity index (χ4v) is 3.26. The van der Waals surface area contributed by atoms with Crippen molar-refractivity contribution in [3.63, 3.8) is 0 Å². The topological polar surface area (TPSA) is 42.8 Å². The zero-order chi connectivity index (χ0) is 20.8. The summed E-state index contributed by atoms with van der Waals surface area (Å²) >= 11 is 24.3. The van der Waals surface area contributed by atoms with E-state index in [9.17, 15) is 0 Å². The molecule has 0 amide bonds. The smallest absolute Gasteiger partial charge is 0.161 e. The Morgan fingerprint density at radius 1 is 0.862 bits per heavy atom. The molecule has 3 rings (SSSR count). The molecule has 1 N–H and O–H groups in total. The quantitative estimate of drug-likeness (QED) is 0.291. The molecule has 0 aliphatic rings. The van der Waals surface area contributed by atoms with Crippen molar-refractivity contribution >= 4 is 58.3 Å². The van der Waals surface area contributed by atoms with Gasteiger partial charge in [-0.1, -0.05) is 52.5 Å². The van der Waals surface area contributed by atoms with Gasteiger partial charge < -0.3 is 9.47 Å². The Labute approximate surface area is 188 Å². The van der Waals surface area contributed by atoms with Crippen molar-refractivity contribution in [2.75, 3.05) is 12.5 Å². The van der Waals surface area contributed by atoms with Crippen LogP contribution in [0.4, 0.5) is 5.69 Å². The molecule has 0 aliphatic heterocycles. The van der Waals surface area contributed by atoms with Crippen LogP contribution in [0.1, 0.15) is 11.1 Å². The van der Waals surface area contributed by atoms with Crippen LogP contribution < -0.4 is 14.9 Å². The number of anilines is 1. The highest BCUT2D eigenvalue weighted by molar-refractivity contribution is 6.42. The van der Waals surface area contributed by atoms with Crippen LogP contribution in [0.2, 0.25) is 20.1 Å². The summed E-state index contributed by atoms with van der Waals surface area (Å²) in [4.78, 5) is 0. The van der Waals surface area contributed by atoms with E-state index in [4.69, 9.17) is 55.9 Å². The number of ether oxygens (including phenoxy) is 2. The summed E-state index contributed by atoms with van der Waals surface area (Å²) in [6, 6.07) is 16.0. The Morgan fingerprint density at radius 3 is 2.31 bits per heavy atom. The second-order valence-electron chi connectivity index (χ2n) is 5.90. The van der Waals surface area contributed by atoms with Crippen LogP contribution in [-0.2, 0) is 6.61 Å². The van der Waals surface area contributed by atoms with Gasteiger partial charge in [0.15, 0.2) is 11.5 Å². The number of hydrogen-bond acceptors (Lipinski definition) is 4. The maximum atomic E-state index is 6.19. The van der Waals surface area contributed by atoms with E-state index < -0.39 is 0 Å². The van der Waals surface area contributed by atoms with Crippen LogP contribution in [0, 0.1) is 0 Å². The Bertz CT molecular complexity index is 1020. The molecule has 0 heterocycles. The van der Waals surface area contributed by atoms with Gasteiger partial charge in [0.1, 0.15) is 6.61 Å². The Kier molecular flexibility index (Phi) is 7.51. The minimum absolute atomic E-state index is 0.223. The number of methoxy groups -OCH3 is 1. The summed E-state index contributed by atoms with van der Waals surface area (Å²) in [5.74, 6) is 1.13. The molecule has 0 bridgehead atoms. The summed E-state index contributed by atoms with van der Waals surface area (Å²) < 4.78 is 11.3. The van der Waals surface area contributed by atoms with E-state index in [-0.39, 0.29) is 6.61 Å². The molecule has 29 heavy (non-hydrogen) atoms. The van der Waals surface area contributed by atoms with Gasteiger partial charge in [-0.15, -0.1) is 0 Å². The van der Waals surface area contributed by atoms with Crippen LogP contribution in [-0.4, -0.2) is 13.3 Å². The lowest BCUT2D eigenvalue weighted by molar-refractivity contribution is 0.284. The van der Waals surface area contributed by atoms with Crippen LogP contribution in [0.15, 0.2) is 59.7 Å². The molecule has 0 aliphatic carbocycles. The molecule has 0 saturated heterocycles. The molecule has 150 valence electrons. The maximum absolute atomic E-state index is 6.19. The normalized spacial score (nSPS) is 10.9. The first kappa shape index (κ1) is 21.6. The van der Waals surface area contributed by atoms with Crippen molar-refractivity contribution in [1.29, 1.82) is 0 Å². The van der Waals surface area contributed by atoms with E-state index in [0.29, 0.717) is 37.2 Å². The molecule has 0 spiro atoms. The predicted molar refractivity (Wildman–Crippen MR) is 121 cm³/mol. The fraction of sp³-hybridized carbons (Fsp3) is 0.0952. The van der Waals surface area contributed by atoms with E-state index in [2.05, 4.69) is 10.5 Å². The SMILES string of the molecule is COc1cc(C=NNc2ccc(Cl)c(Cl)c2)ccc1OCc1c(Cl)cccc1Cl. The number of halogens is 4. The third-order valence-electron chi connectivity index (χ3n) is 3.95. The molecule has 0 fully saturated rings. The second kappa shape index (κ2) is 10.1. The lowest BCUT2D eigenvalue weighted by Crippen LogP contribution is -2.00. The highest BCUT2D eigenvalue weighted by atomic mass is 35.5. The molecule has 0 saturated carbocycles. The molecular weight excluding hydrogens is 454 g/mol. The van der Waals surface area contributed by atoms with Crippen LogP contribution in [0.5, 0.6) is 11.5 Å². The third kappa shape index (κ3) is 5.71. The van der Waals surface area contributed by atoms with Gasteiger partial charge in [0, 0.05) is 15.6 Å². The van der Waals surface area contributed by atoms with Crippen molar-refractivity contribution in [2.45, 2.75) is 6.61 Å². The number of nitrogens with zero attached hydrogens (tertiary/aromatic N) is 1. The molecule has 0 atom stereocenters. The van der Waals surface area contributed by atoms with Crippen molar-refractivity contribution in [3.05, 3.63) is 85.8 Å². The summed E-state index contributed by atoms with van der Waals surface area (Å²) in [7, 11) is 1.57. The van der Waals surface area contributed by atoms with Gasteiger partial charge in [-0.25, -0.2) is 0 Å². The largest absolute Gasteiger partial charge is 0.493 e. The van der Waals surface area contributed by atoms with E-state index in [1.165, 1.54) is 0 Å². The second-order valence-corrected chi connectivity index (χ2v) is 7.53. The summed E-state index contributed by atoms with van der Waals surface area (Å²) in [5, 5.41) is 6.23. The van der Waals surface area contributed by atoms with Gasteiger partial charge in [-0.3, -0.25) is 5.43 Å². The average Bonchev–Trinajstić information content (AvgIpc) is 2.71. The van der Waals surface area contributed by atoms with Gasteiger partial charge in [0.25, 0.3) is 0 Å². The van der Waals surface area contributed by atoms with Crippen molar-refractivity contribution in [2.24, 2.45) is 5.10 Å². The Balaban J connectivity index is 1.68. The molecule has 0 aromatic heterocycles. The van der Waals surface area contributed by atoms with Crippen molar-refractivity contribution in [3.8, 4) is 11.5 Å². The van der Waals surface area contributed by atoms with Crippen LogP contribution >= 0.6 is 46.4 Å². The minimum Gasteiger partial charge on any atom is -0.493 e. The van der Waals surface area contributed by atoms with Crippen molar-refractivity contribution in [1.82, 2.24) is 0 Å². The molecule has 8 heteroatoms. The number of hydrazone groups is 1. The Morgan fingerprint density at radius 2 is 1.62 bits per heavy atom. The number of benzene rings is 3. The molecule has 4 nitrogen and oxygen atoms in total. The first-order valence-corrected chi connectivity index (χ1v) is 9.97. The first-order chi connectivity index (χ1) is 14.0. The van der Waals surface area contributed by atoms with Gasteiger partial charge >= 0.3 is 0 Å². The van der Waals surface area contributed by atoms with Crippen LogP contribution in [0.3, 0.4) is 0 Å². The monoisotopic (exact) mass is 468 g/mol. The predicted octanol–water partition coefficient (Wildman–Crippen LogP) is 7.33. The summed E-state index contributed by atoms with van der Waals surface area (Å²) in [6.45, 7) is 0.223. The lowest BCUT2D eigenvalue weighted by Gasteiger charge is -2.13. The molecule has 3 aromatic rings. The standard InChI is InChI=1S/C21H16Cl4N2O2/c1-28-21-9-13(11-26-27-14-6-7-18(24)19(25)10-14)5-8-20(21)29-12-15-16(22)3-2-4-17(15)23/h2-11,27H,12H2,1H3. The summed E-state index contributed by atoms with van der Waals surface area (Å²) in [6.07, 6.45) is 1.65. The van der Waals surface area contributed by atoms with Crippen molar-refractivity contribution < 1.29 is 9.47 Å². The lowest BCUT2D eigenvalue weighted by atomic mass is 10.2. The van der Waals surface area contributed by atoms with Gasteiger partial charge in [0.2, 0.25) is 0 Å². The van der Waals surface area contributed by atoms with E-state index in [0.717, 1.165) is 11.3 Å². The molecular formula is C21H16Cl4N2O2. The van der Waals surface area contributed by atoms with Crippen LogP contribution in [0.25, 0.3) is 0 Å². The number of hydrogen-bond donors (Lipinski definition) is 1. The summed E-state index contributed by atoms with van der Waals surface area (Å²) in [5.41, 5.74) is 5.15. The highest BCUT2D eigenvalue weighted by Crippen LogP contribution is 2.31. The first-order valence-electron chi connectivity index (χ1n) is 8.46.